The number of aromatic nitrogens is 1. The maximum absolute atomic E-state index is 13.1. The van der Waals surface area contributed by atoms with E-state index in [1.54, 1.807) is 48.0 Å². The number of pyridine rings is 1. The number of hydrogen-bond donors (Lipinski definition) is 0. The van der Waals surface area contributed by atoms with Gasteiger partial charge in [-0.25, -0.2) is 8.42 Å². The molecule has 4 nitrogen and oxygen atoms in total. The van der Waals surface area contributed by atoms with Gasteiger partial charge in [0.1, 0.15) is 0 Å². The van der Waals surface area contributed by atoms with Crippen LogP contribution in [0.2, 0.25) is 5.02 Å². The summed E-state index contributed by atoms with van der Waals surface area (Å²) < 4.78 is 27.7. The molecule has 0 amide bonds. The lowest BCUT2D eigenvalue weighted by Crippen LogP contribution is -2.33. The van der Waals surface area contributed by atoms with Gasteiger partial charge in [0.15, 0.2) is 0 Å². The molecular formula is C19H19ClN2O2S2. The second-order valence-electron chi connectivity index (χ2n) is 5.87. The Morgan fingerprint density at radius 3 is 2.62 bits per heavy atom. The molecule has 3 aromatic rings. The van der Waals surface area contributed by atoms with Gasteiger partial charge in [-0.15, -0.1) is 11.3 Å². The molecule has 0 unspecified atom stereocenters. The number of thiophene rings is 1. The highest BCUT2D eigenvalue weighted by Crippen LogP contribution is 2.21. The first-order valence-corrected chi connectivity index (χ1v) is 11.0. The molecule has 0 atom stereocenters. The summed E-state index contributed by atoms with van der Waals surface area (Å²) in [6.07, 6.45) is 4.06. The number of benzene rings is 1. The largest absolute Gasteiger partial charge is 0.264 e. The molecule has 0 saturated carbocycles. The fourth-order valence-electron chi connectivity index (χ4n) is 2.60. The number of halogens is 1. The minimum Gasteiger partial charge on any atom is -0.264 e. The van der Waals surface area contributed by atoms with Crippen LogP contribution in [0, 0.1) is 0 Å². The predicted octanol–water partition coefficient (Wildman–Crippen LogP) is 4.37. The van der Waals surface area contributed by atoms with Crippen molar-refractivity contribution in [3.05, 3.63) is 87.3 Å². The Hall–Kier alpha value is -1.73. The van der Waals surface area contributed by atoms with E-state index in [-0.39, 0.29) is 5.75 Å². The summed E-state index contributed by atoms with van der Waals surface area (Å²) in [7, 11) is -3.52. The number of nitrogens with zero attached hydrogens (tertiary/aromatic N) is 2. The van der Waals surface area contributed by atoms with Gasteiger partial charge in [-0.3, -0.25) is 4.98 Å². The van der Waals surface area contributed by atoms with Crippen molar-refractivity contribution in [1.82, 2.24) is 9.29 Å². The van der Waals surface area contributed by atoms with Crippen LogP contribution in [0.3, 0.4) is 0 Å². The molecule has 0 aliphatic carbocycles. The van der Waals surface area contributed by atoms with Crippen molar-refractivity contribution in [2.45, 2.75) is 18.7 Å². The molecule has 2 heterocycles. The van der Waals surface area contributed by atoms with E-state index < -0.39 is 10.0 Å². The molecule has 0 aliphatic heterocycles. The summed E-state index contributed by atoms with van der Waals surface area (Å²) in [5.74, 6) is -0.114. The maximum atomic E-state index is 13.1. The zero-order chi connectivity index (χ0) is 18.4. The molecule has 0 radical (unpaired) electrons. The monoisotopic (exact) mass is 406 g/mol. The third-order valence-electron chi connectivity index (χ3n) is 3.96. The quantitative estimate of drug-likeness (QED) is 0.558. The summed E-state index contributed by atoms with van der Waals surface area (Å²) in [6.45, 7) is 0.716. The Bertz CT molecular complexity index is 929. The van der Waals surface area contributed by atoms with E-state index in [0.717, 1.165) is 10.4 Å². The van der Waals surface area contributed by atoms with Crippen LogP contribution in [-0.4, -0.2) is 24.3 Å². The summed E-state index contributed by atoms with van der Waals surface area (Å²) >= 11 is 7.80. The summed E-state index contributed by atoms with van der Waals surface area (Å²) in [6, 6.07) is 14.8. The van der Waals surface area contributed by atoms with E-state index in [0.29, 0.717) is 30.1 Å². The van der Waals surface area contributed by atoms with Crippen molar-refractivity contribution in [3.63, 3.8) is 0 Å². The van der Waals surface area contributed by atoms with Crippen molar-refractivity contribution in [3.8, 4) is 0 Å². The van der Waals surface area contributed by atoms with Crippen LogP contribution in [0.1, 0.15) is 16.0 Å². The van der Waals surface area contributed by atoms with E-state index in [1.807, 2.05) is 29.6 Å². The lowest BCUT2D eigenvalue weighted by molar-refractivity contribution is 0.409. The van der Waals surface area contributed by atoms with E-state index in [9.17, 15) is 8.42 Å². The van der Waals surface area contributed by atoms with Crippen LogP contribution in [-0.2, 0) is 28.7 Å². The van der Waals surface area contributed by atoms with Crippen molar-refractivity contribution in [2.75, 3.05) is 6.54 Å². The third-order valence-corrected chi connectivity index (χ3v) is 7.04. The average molecular weight is 407 g/mol. The van der Waals surface area contributed by atoms with Gasteiger partial charge in [0.05, 0.1) is 5.75 Å². The molecular weight excluding hydrogens is 388 g/mol. The van der Waals surface area contributed by atoms with Gasteiger partial charge in [0.25, 0.3) is 0 Å². The fourth-order valence-corrected chi connectivity index (χ4v) is 5.13. The third kappa shape index (κ3) is 5.14. The van der Waals surface area contributed by atoms with Crippen LogP contribution in [0.5, 0.6) is 0 Å². The van der Waals surface area contributed by atoms with Gasteiger partial charge in [0.2, 0.25) is 10.0 Å². The second-order valence-corrected chi connectivity index (χ2v) is 9.28. The Morgan fingerprint density at radius 1 is 1.08 bits per heavy atom. The fraction of sp³-hybridized carbons (Fsp3) is 0.211. The zero-order valence-electron chi connectivity index (χ0n) is 14.1. The molecule has 7 heteroatoms. The van der Waals surface area contributed by atoms with E-state index >= 15 is 0 Å². The summed E-state index contributed by atoms with van der Waals surface area (Å²) in [4.78, 5) is 5.25. The standard InChI is InChI=1S/C19H19ClN2O2S2/c20-19-8-2-1-6-17(19)15-26(23,24)22(11-9-18-7-4-12-25-18)14-16-5-3-10-21-13-16/h1-8,10,12-13H,9,11,14-15H2. The minimum atomic E-state index is -3.52. The molecule has 136 valence electrons. The molecule has 0 fully saturated rings. The highest BCUT2D eigenvalue weighted by Gasteiger charge is 2.24. The van der Waals surface area contributed by atoms with Gasteiger partial charge < -0.3 is 0 Å². The van der Waals surface area contributed by atoms with Crippen LogP contribution in [0.4, 0.5) is 0 Å². The lowest BCUT2D eigenvalue weighted by Gasteiger charge is -2.22. The van der Waals surface area contributed by atoms with Crippen molar-refractivity contribution < 1.29 is 8.42 Å². The van der Waals surface area contributed by atoms with Crippen LogP contribution < -0.4 is 0 Å². The topological polar surface area (TPSA) is 50.3 Å². The van der Waals surface area contributed by atoms with Crippen molar-refractivity contribution in [1.29, 1.82) is 0 Å². The molecule has 0 N–H and O–H groups in total. The minimum absolute atomic E-state index is 0.114. The van der Waals surface area contributed by atoms with Gasteiger partial charge >= 0.3 is 0 Å². The summed E-state index contributed by atoms with van der Waals surface area (Å²) in [5.41, 5.74) is 1.47. The Labute approximate surface area is 163 Å². The molecule has 0 spiro atoms. The van der Waals surface area contributed by atoms with Gasteiger partial charge in [-0.1, -0.05) is 41.9 Å². The SMILES string of the molecule is O=S(=O)(Cc1ccccc1Cl)N(CCc1cccs1)Cc1cccnc1. The molecule has 3 rings (SSSR count). The highest BCUT2D eigenvalue weighted by molar-refractivity contribution is 7.88. The first kappa shape index (κ1) is 19.0. The average Bonchev–Trinajstić information content (AvgIpc) is 3.15. The zero-order valence-corrected chi connectivity index (χ0v) is 16.5. The highest BCUT2D eigenvalue weighted by atomic mass is 35.5. The first-order valence-electron chi connectivity index (χ1n) is 8.17. The van der Waals surface area contributed by atoms with Crippen LogP contribution in [0.25, 0.3) is 0 Å². The molecule has 0 aliphatic rings. The number of sulfonamides is 1. The van der Waals surface area contributed by atoms with Crippen LogP contribution in [0.15, 0.2) is 66.3 Å². The van der Waals surface area contributed by atoms with Crippen LogP contribution >= 0.6 is 22.9 Å². The van der Waals surface area contributed by atoms with Gasteiger partial charge in [-0.05, 0) is 41.1 Å². The molecule has 2 aromatic heterocycles. The molecule has 26 heavy (non-hydrogen) atoms. The Morgan fingerprint density at radius 2 is 1.92 bits per heavy atom. The normalized spacial score (nSPS) is 11.8. The number of hydrogen-bond acceptors (Lipinski definition) is 4. The van der Waals surface area contributed by atoms with Crippen molar-refractivity contribution >= 4 is 33.0 Å². The van der Waals surface area contributed by atoms with Gasteiger partial charge in [0, 0.05) is 35.4 Å². The van der Waals surface area contributed by atoms with Gasteiger partial charge in [-0.2, -0.15) is 4.31 Å². The molecule has 0 bridgehead atoms. The second kappa shape index (κ2) is 8.77. The smallest absolute Gasteiger partial charge is 0.218 e. The van der Waals surface area contributed by atoms with E-state index in [2.05, 4.69) is 4.98 Å². The predicted molar refractivity (Wildman–Crippen MR) is 107 cm³/mol. The Balaban J connectivity index is 1.81. The van der Waals surface area contributed by atoms with Crippen molar-refractivity contribution in [2.24, 2.45) is 0 Å². The molecule has 1 aromatic carbocycles. The van der Waals surface area contributed by atoms with E-state index in [1.165, 1.54) is 4.31 Å². The Kier molecular flexibility index (Phi) is 6.43. The lowest BCUT2D eigenvalue weighted by atomic mass is 10.2. The first-order chi connectivity index (χ1) is 12.5. The summed E-state index contributed by atoms with van der Waals surface area (Å²) in [5, 5.41) is 2.47. The maximum Gasteiger partial charge on any atom is 0.218 e. The van der Waals surface area contributed by atoms with E-state index in [4.69, 9.17) is 11.6 Å². The molecule has 0 saturated heterocycles. The number of rotatable bonds is 8.